The molecule has 0 saturated carbocycles. The van der Waals surface area contributed by atoms with Crippen LogP contribution < -0.4 is 10.2 Å². The van der Waals surface area contributed by atoms with Gasteiger partial charge in [-0.15, -0.1) is 11.3 Å². The number of anilines is 1. The fourth-order valence-corrected chi connectivity index (χ4v) is 4.72. The lowest BCUT2D eigenvalue weighted by atomic mass is 9.90. The molecule has 1 N–H and O–H groups in total. The molecule has 1 fully saturated rings. The smallest absolute Gasteiger partial charge is 0.261 e. The SMILES string of the molecule is CN(C)c1ncc(-c2ccc(Cl)cc2)c([C@H]2CCCN(C(=O)CNC(=O)c3cccs3)C2)n1. The lowest BCUT2D eigenvalue weighted by Crippen LogP contribution is -2.44. The van der Waals surface area contributed by atoms with Crippen molar-refractivity contribution >= 4 is 40.7 Å². The van der Waals surface area contributed by atoms with Crippen molar-refractivity contribution in [2.45, 2.75) is 18.8 Å². The van der Waals surface area contributed by atoms with E-state index in [2.05, 4.69) is 10.3 Å². The Labute approximate surface area is 202 Å². The van der Waals surface area contributed by atoms with Crippen LogP contribution in [0.15, 0.2) is 48.0 Å². The molecule has 3 aromatic rings. The molecule has 0 unspecified atom stereocenters. The Hall–Kier alpha value is -2.97. The van der Waals surface area contributed by atoms with Crippen molar-refractivity contribution in [3.05, 3.63) is 63.6 Å². The molecule has 3 heterocycles. The molecule has 0 radical (unpaired) electrons. The summed E-state index contributed by atoms with van der Waals surface area (Å²) < 4.78 is 0. The number of halogens is 1. The van der Waals surface area contributed by atoms with Crippen molar-refractivity contribution in [3.63, 3.8) is 0 Å². The highest BCUT2D eigenvalue weighted by molar-refractivity contribution is 7.12. The average Bonchev–Trinajstić information content (AvgIpc) is 3.38. The zero-order chi connectivity index (χ0) is 23.4. The number of likely N-dealkylation sites (tertiary alicyclic amines) is 1. The molecule has 172 valence electrons. The van der Waals surface area contributed by atoms with E-state index < -0.39 is 0 Å². The average molecular weight is 484 g/mol. The minimum Gasteiger partial charge on any atom is -0.347 e. The van der Waals surface area contributed by atoms with E-state index in [0.717, 1.165) is 29.7 Å². The molecule has 0 spiro atoms. The number of amides is 2. The van der Waals surface area contributed by atoms with Crippen molar-refractivity contribution in [3.8, 4) is 11.1 Å². The number of carbonyl (C=O) groups excluding carboxylic acids is 2. The number of aromatic nitrogens is 2. The molecule has 33 heavy (non-hydrogen) atoms. The largest absolute Gasteiger partial charge is 0.347 e. The fraction of sp³-hybridized carbons (Fsp3) is 0.333. The van der Waals surface area contributed by atoms with E-state index in [0.29, 0.717) is 28.9 Å². The summed E-state index contributed by atoms with van der Waals surface area (Å²) in [6.45, 7) is 1.21. The second kappa shape index (κ2) is 10.3. The van der Waals surface area contributed by atoms with Crippen LogP contribution in [-0.2, 0) is 4.79 Å². The van der Waals surface area contributed by atoms with Crippen LogP contribution in [0, 0.1) is 0 Å². The van der Waals surface area contributed by atoms with E-state index in [9.17, 15) is 9.59 Å². The standard InChI is InChI=1S/C24H26ClN5O2S/c1-29(2)24-27-13-19(16-7-9-18(25)10-8-16)22(28-24)17-5-3-11-30(15-17)21(31)14-26-23(32)20-6-4-12-33-20/h4,6-10,12-13,17H,3,5,11,14-15H2,1-2H3,(H,26,32)/t17-/m0/s1. The van der Waals surface area contributed by atoms with Crippen LogP contribution in [0.5, 0.6) is 0 Å². The lowest BCUT2D eigenvalue weighted by Gasteiger charge is -2.33. The van der Waals surface area contributed by atoms with Gasteiger partial charge in [0.15, 0.2) is 0 Å². The minimum absolute atomic E-state index is 0.0137. The highest BCUT2D eigenvalue weighted by Crippen LogP contribution is 2.34. The van der Waals surface area contributed by atoms with Crippen molar-refractivity contribution in [2.24, 2.45) is 0 Å². The summed E-state index contributed by atoms with van der Waals surface area (Å²) in [5.41, 5.74) is 2.87. The molecule has 1 atom stereocenters. The van der Waals surface area contributed by atoms with E-state index in [1.54, 1.807) is 6.07 Å². The first-order chi connectivity index (χ1) is 15.9. The van der Waals surface area contributed by atoms with Gasteiger partial charge in [0.25, 0.3) is 5.91 Å². The van der Waals surface area contributed by atoms with Crippen LogP contribution in [0.25, 0.3) is 11.1 Å². The number of piperidine rings is 1. The van der Waals surface area contributed by atoms with Gasteiger partial charge >= 0.3 is 0 Å². The first-order valence-electron chi connectivity index (χ1n) is 10.8. The van der Waals surface area contributed by atoms with E-state index in [1.807, 2.05) is 65.8 Å². The molecule has 0 aliphatic carbocycles. The Morgan fingerprint density at radius 1 is 1.24 bits per heavy atom. The minimum atomic E-state index is -0.219. The van der Waals surface area contributed by atoms with Gasteiger partial charge in [0, 0.05) is 49.9 Å². The summed E-state index contributed by atoms with van der Waals surface area (Å²) in [6.07, 6.45) is 3.65. The molecular formula is C24H26ClN5O2S. The third-order valence-electron chi connectivity index (χ3n) is 5.67. The molecule has 2 amide bonds. The van der Waals surface area contributed by atoms with E-state index in [4.69, 9.17) is 16.6 Å². The third kappa shape index (κ3) is 5.51. The highest BCUT2D eigenvalue weighted by Gasteiger charge is 2.28. The normalized spacial score (nSPS) is 15.8. The van der Waals surface area contributed by atoms with Gasteiger partial charge in [-0.25, -0.2) is 9.97 Å². The van der Waals surface area contributed by atoms with Gasteiger partial charge in [0.2, 0.25) is 11.9 Å². The summed E-state index contributed by atoms with van der Waals surface area (Å²) in [5.74, 6) is 0.403. The summed E-state index contributed by atoms with van der Waals surface area (Å²) in [6, 6.07) is 11.2. The maximum atomic E-state index is 12.9. The maximum absolute atomic E-state index is 12.9. The Kier molecular flexibility index (Phi) is 7.25. The molecule has 0 bridgehead atoms. The molecule has 1 saturated heterocycles. The molecule has 2 aromatic heterocycles. The second-order valence-corrected chi connectivity index (χ2v) is 9.59. The fourth-order valence-electron chi connectivity index (χ4n) is 3.95. The van der Waals surface area contributed by atoms with Crippen LogP contribution in [-0.4, -0.2) is 60.4 Å². The van der Waals surface area contributed by atoms with Crippen LogP contribution in [0.2, 0.25) is 5.02 Å². The van der Waals surface area contributed by atoms with Gasteiger partial charge in [-0.1, -0.05) is 29.8 Å². The summed E-state index contributed by atoms with van der Waals surface area (Å²) >= 11 is 7.44. The summed E-state index contributed by atoms with van der Waals surface area (Å²) in [4.78, 5) is 38.8. The Morgan fingerprint density at radius 2 is 2.03 bits per heavy atom. The Balaban J connectivity index is 1.52. The van der Waals surface area contributed by atoms with Gasteiger partial charge in [-0.3, -0.25) is 9.59 Å². The van der Waals surface area contributed by atoms with Crippen molar-refractivity contribution in [1.29, 1.82) is 0 Å². The molecule has 9 heteroatoms. The number of benzene rings is 1. The molecule has 7 nitrogen and oxygen atoms in total. The highest BCUT2D eigenvalue weighted by atomic mass is 35.5. The van der Waals surface area contributed by atoms with Crippen LogP contribution in [0.3, 0.4) is 0 Å². The van der Waals surface area contributed by atoms with Crippen molar-refractivity contribution < 1.29 is 9.59 Å². The molecule has 1 aliphatic rings. The number of hydrogen-bond donors (Lipinski definition) is 1. The Morgan fingerprint density at radius 3 is 2.73 bits per heavy atom. The number of carbonyl (C=O) groups is 2. The molecular weight excluding hydrogens is 458 g/mol. The van der Waals surface area contributed by atoms with E-state index >= 15 is 0 Å². The predicted molar refractivity (Wildman–Crippen MR) is 132 cm³/mol. The zero-order valence-electron chi connectivity index (χ0n) is 18.6. The van der Waals surface area contributed by atoms with Crippen LogP contribution in [0.1, 0.15) is 34.1 Å². The van der Waals surface area contributed by atoms with Crippen molar-refractivity contribution in [1.82, 2.24) is 20.2 Å². The molecule has 4 rings (SSSR count). The van der Waals surface area contributed by atoms with Gasteiger partial charge in [-0.2, -0.15) is 0 Å². The molecule has 1 aliphatic heterocycles. The topological polar surface area (TPSA) is 78.4 Å². The first kappa shape index (κ1) is 23.2. The second-order valence-electron chi connectivity index (χ2n) is 8.21. The lowest BCUT2D eigenvalue weighted by molar-refractivity contribution is -0.131. The maximum Gasteiger partial charge on any atom is 0.261 e. The van der Waals surface area contributed by atoms with Crippen molar-refractivity contribution in [2.75, 3.05) is 38.6 Å². The predicted octanol–water partition coefficient (Wildman–Crippen LogP) is 4.06. The third-order valence-corrected chi connectivity index (χ3v) is 6.79. The number of nitrogens with zero attached hydrogens (tertiary/aromatic N) is 4. The Bertz CT molecular complexity index is 1120. The first-order valence-corrected chi connectivity index (χ1v) is 12.1. The van der Waals surface area contributed by atoms with Gasteiger partial charge in [0.1, 0.15) is 0 Å². The number of hydrogen-bond acceptors (Lipinski definition) is 6. The van der Waals surface area contributed by atoms with E-state index in [1.165, 1.54) is 11.3 Å². The number of thiophene rings is 1. The van der Waals surface area contributed by atoms with Gasteiger partial charge < -0.3 is 15.1 Å². The van der Waals surface area contributed by atoms with Gasteiger partial charge in [-0.05, 0) is 42.0 Å². The number of rotatable bonds is 6. The zero-order valence-corrected chi connectivity index (χ0v) is 20.2. The molecule has 1 aromatic carbocycles. The van der Waals surface area contributed by atoms with Crippen LogP contribution >= 0.6 is 22.9 Å². The monoisotopic (exact) mass is 483 g/mol. The quantitative estimate of drug-likeness (QED) is 0.572. The van der Waals surface area contributed by atoms with Gasteiger partial charge in [0.05, 0.1) is 17.1 Å². The van der Waals surface area contributed by atoms with E-state index in [-0.39, 0.29) is 24.3 Å². The summed E-state index contributed by atoms with van der Waals surface area (Å²) in [5, 5.41) is 5.25. The van der Waals surface area contributed by atoms with Crippen LogP contribution in [0.4, 0.5) is 5.95 Å². The summed E-state index contributed by atoms with van der Waals surface area (Å²) in [7, 11) is 3.82. The number of nitrogens with one attached hydrogen (secondary N) is 1.